The van der Waals surface area contributed by atoms with Crippen molar-refractivity contribution >= 4 is 40.7 Å². The Hall–Kier alpha value is -5.15. The molecule has 0 radical (unpaired) electrons. The molecule has 1 aromatic heterocycles. The predicted octanol–water partition coefficient (Wildman–Crippen LogP) is 6.11. The van der Waals surface area contributed by atoms with Gasteiger partial charge in [-0.2, -0.15) is 0 Å². The number of nitrogens with one attached hydrogen (secondary N) is 3. The van der Waals surface area contributed by atoms with Crippen LogP contribution in [0.25, 0.3) is 11.6 Å². The highest BCUT2D eigenvalue weighted by atomic mass is 16.5. The zero-order chi connectivity index (χ0) is 31.5. The van der Waals surface area contributed by atoms with Crippen LogP contribution in [0.15, 0.2) is 66.7 Å². The number of likely N-dealkylation sites (N-methyl/N-ethyl adjacent to an activating group) is 2. The van der Waals surface area contributed by atoms with Crippen molar-refractivity contribution in [3.63, 3.8) is 0 Å². The summed E-state index contributed by atoms with van der Waals surface area (Å²) in [7, 11) is 5.75. The van der Waals surface area contributed by atoms with Gasteiger partial charge in [-0.1, -0.05) is 23.8 Å². The highest BCUT2D eigenvalue weighted by Gasteiger charge is 2.27. The van der Waals surface area contributed by atoms with Gasteiger partial charge in [0, 0.05) is 60.5 Å². The average molecular weight is 592 g/mol. The van der Waals surface area contributed by atoms with Gasteiger partial charge in [0.15, 0.2) is 0 Å². The topological polar surface area (TPSA) is 107 Å². The monoisotopic (exact) mass is 591 g/mol. The number of amides is 3. The van der Waals surface area contributed by atoms with Crippen molar-refractivity contribution in [2.45, 2.75) is 20.8 Å². The summed E-state index contributed by atoms with van der Waals surface area (Å²) < 4.78 is 6.09. The van der Waals surface area contributed by atoms with Gasteiger partial charge in [-0.3, -0.25) is 14.4 Å². The van der Waals surface area contributed by atoms with Crippen molar-refractivity contribution < 1.29 is 19.1 Å². The number of fused-ring (bicyclic) bond motifs is 1. The molecule has 0 spiro atoms. The quantitative estimate of drug-likeness (QED) is 0.204. The Labute approximate surface area is 257 Å². The van der Waals surface area contributed by atoms with Crippen LogP contribution in [-0.4, -0.2) is 66.7 Å². The van der Waals surface area contributed by atoms with Gasteiger partial charge in [-0.05, 0) is 82.9 Å². The minimum absolute atomic E-state index is 0.0559. The highest BCUT2D eigenvalue weighted by Crippen LogP contribution is 2.37. The zero-order valence-electron chi connectivity index (χ0n) is 25.9. The number of anilines is 2. The van der Waals surface area contributed by atoms with Crippen LogP contribution in [0, 0.1) is 20.8 Å². The van der Waals surface area contributed by atoms with E-state index < -0.39 is 0 Å². The molecular weight excluding hydrogens is 554 g/mol. The summed E-state index contributed by atoms with van der Waals surface area (Å²) in [6, 6.07) is 19.9. The van der Waals surface area contributed by atoms with E-state index in [4.69, 9.17) is 4.74 Å². The number of aromatic amines is 1. The molecule has 44 heavy (non-hydrogen) atoms. The molecule has 0 fully saturated rings. The minimum atomic E-state index is -0.236. The lowest BCUT2D eigenvalue weighted by atomic mass is 10.0. The van der Waals surface area contributed by atoms with Crippen molar-refractivity contribution in [2.24, 2.45) is 0 Å². The molecule has 2 heterocycles. The summed E-state index contributed by atoms with van der Waals surface area (Å²) >= 11 is 0. The number of nitrogens with zero attached hydrogens (tertiary/aromatic N) is 2. The van der Waals surface area contributed by atoms with Crippen molar-refractivity contribution in [1.29, 1.82) is 0 Å². The lowest BCUT2D eigenvalue weighted by molar-refractivity contribution is -0.110. The Morgan fingerprint density at radius 1 is 0.909 bits per heavy atom. The summed E-state index contributed by atoms with van der Waals surface area (Å²) in [6.07, 6.45) is 1.79. The number of H-pyrrole nitrogens is 1. The number of hydrogen-bond donors (Lipinski definition) is 3. The van der Waals surface area contributed by atoms with Gasteiger partial charge in [0.25, 0.3) is 17.7 Å². The van der Waals surface area contributed by atoms with Crippen molar-refractivity contribution in [1.82, 2.24) is 14.8 Å². The Bertz CT molecular complexity index is 1790. The molecular formula is C35H37N5O4. The van der Waals surface area contributed by atoms with Crippen molar-refractivity contribution in [2.75, 3.05) is 44.9 Å². The maximum absolute atomic E-state index is 13.2. The first-order chi connectivity index (χ1) is 21.0. The number of carbonyl (C=O) groups is 3. The second-order valence-electron chi connectivity index (χ2n) is 11.4. The molecule has 4 aromatic rings. The van der Waals surface area contributed by atoms with Crippen LogP contribution in [0.5, 0.6) is 11.5 Å². The summed E-state index contributed by atoms with van der Waals surface area (Å²) in [6.45, 7) is 7.08. The fourth-order valence-corrected chi connectivity index (χ4v) is 5.17. The first-order valence-electron chi connectivity index (χ1n) is 14.4. The zero-order valence-corrected chi connectivity index (χ0v) is 25.9. The minimum Gasteiger partial charge on any atom is -0.457 e. The highest BCUT2D eigenvalue weighted by molar-refractivity contribution is 6.35. The number of aryl methyl sites for hydroxylation is 2. The third-order valence-electron chi connectivity index (χ3n) is 7.59. The first-order valence-corrected chi connectivity index (χ1v) is 14.4. The van der Waals surface area contributed by atoms with E-state index in [9.17, 15) is 14.4 Å². The third-order valence-corrected chi connectivity index (χ3v) is 7.59. The molecule has 1 aliphatic rings. The van der Waals surface area contributed by atoms with E-state index in [1.807, 2.05) is 64.0 Å². The number of rotatable bonds is 9. The molecule has 0 aliphatic carbocycles. The van der Waals surface area contributed by atoms with E-state index in [1.54, 1.807) is 60.5 Å². The first kappa shape index (κ1) is 30.3. The van der Waals surface area contributed by atoms with Gasteiger partial charge in [-0.25, -0.2) is 0 Å². The van der Waals surface area contributed by atoms with E-state index >= 15 is 0 Å². The molecule has 0 unspecified atom stereocenters. The van der Waals surface area contributed by atoms with Crippen LogP contribution in [0.1, 0.15) is 48.8 Å². The van der Waals surface area contributed by atoms with Gasteiger partial charge in [0.05, 0.1) is 16.8 Å². The van der Waals surface area contributed by atoms with E-state index in [1.165, 1.54) is 0 Å². The Kier molecular flexibility index (Phi) is 8.69. The van der Waals surface area contributed by atoms with Gasteiger partial charge in [-0.15, -0.1) is 0 Å². The fraction of sp³-hybridized carbons (Fsp3) is 0.229. The molecule has 226 valence electrons. The summed E-state index contributed by atoms with van der Waals surface area (Å²) in [5.41, 5.74) is 6.95. The summed E-state index contributed by atoms with van der Waals surface area (Å²) in [4.78, 5) is 46.0. The van der Waals surface area contributed by atoms with Crippen LogP contribution in [0.4, 0.5) is 11.4 Å². The van der Waals surface area contributed by atoms with E-state index in [2.05, 4.69) is 15.6 Å². The van der Waals surface area contributed by atoms with Crippen LogP contribution in [0.2, 0.25) is 0 Å². The van der Waals surface area contributed by atoms with Crippen LogP contribution >= 0.6 is 0 Å². The van der Waals surface area contributed by atoms with Gasteiger partial charge >= 0.3 is 0 Å². The average Bonchev–Trinajstić information content (AvgIpc) is 3.44. The standard InChI is InChI=1S/C35H37N5O4/c1-21-9-7-10-24(17-21)33(41)37-25-11-8-12-26(18-25)44-27-13-14-28-29(34(42)38-31(28)19-27)20-30-22(2)32(23(3)36-30)35(43)40(6)16-15-39(4)5/h7-14,17-20,36H,15-16H2,1-6H3,(H,37,41)(H,38,42)/b29-20-. The number of ether oxygens (including phenoxy) is 1. The van der Waals surface area contributed by atoms with Crippen LogP contribution < -0.4 is 15.4 Å². The van der Waals surface area contributed by atoms with Crippen LogP contribution in [-0.2, 0) is 4.79 Å². The molecule has 9 nitrogen and oxygen atoms in total. The molecule has 0 saturated heterocycles. The lowest BCUT2D eigenvalue weighted by Gasteiger charge is -2.20. The molecule has 3 N–H and O–H groups in total. The molecule has 3 aromatic carbocycles. The van der Waals surface area contributed by atoms with Gasteiger partial charge in [0.2, 0.25) is 0 Å². The SMILES string of the molecule is Cc1cccc(C(=O)Nc2cccc(Oc3ccc4c(c3)NC(=O)/C4=C\c3[nH]c(C)c(C(=O)N(C)CCN(C)C)c3C)c2)c1. The summed E-state index contributed by atoms with van der Waals surface area (Å²) in [5, 5.41) is 5.84. The van der Waals surface area contributed by atoms with E-state index in [-0.39, 0.29) is 17.7 Å². The number of benzene rings is 3. The van der Waals surface area contributed by atoms with Crippen LogP contribution in [0.3, 0.4) is 0 Å². The number of aromatic nitrogens is 1. The smallest absolute Gasteiger partial charge is 0.256 e. The van der Waals surface area contributed by atoms with Gasteiger partial charge < -0.3 is 30.2 Å². The maximum atomic E-state index is 13.2. The largest absolute Gasteiger partial charge is 0.457 e. The normalized spacial score (nSPS) is 13.2. The molecule has 1 aliphatic heterocycles. The molecule has 0 saturated carbocycles. The van der Waals surface area contributed by atoms with Gasteiger partial charge in [0.1, 0.15) is 11.5 Å². The molecule has 0 bridgehead atoms. The molecule has 5 rings (SSSR count). The third kappa shape index (κ3) is 6.58. The second kappa shape index (κ2) is 12.6. The number of hydrogen-bond acceptors (Lipinski definition) is 5. The van der Waals surface area contributed by atoms with E-state index in [0.29, 0.717) is 46.1 Å². The molecule has 3 amide bonds. The molecule has 0 atom stereocenters. The van der Waals surface area contributed by atoms with Crippen molar-refractivity contribution in [3.05, 3.63) is 106 Å². The summed E-state index contributed by atoms with van der Waals surface area (Å²) in [5.74, 6) is 0.580. The Morgan fingerprint density at radius 2 is 1.66 bits per heavy atom. The maximum Gasteiger partial charge on any atom is 0.256 e. The predicted molar refractivity (Wildman–Crippen MR) is 174 cm³/mol. The molecule has 9 heteroatoms. The fourth-order valence-electron chi connectivity index (χ4n) is 5.17. The van der Waals surface area contributed by atoms with Crippen molar-refractivity contribution in [3.8, 4) is 11.5 Å². The Balaban J connectivity index is 1.32. The lowest BCUT2D eigenvalue weighted by Crippen LogP contribution is -2.34. The number of carbonyl (C=O) groups excluding carboxylic acids is 3. The second-order valence-corrected chi connectivity index (χ2v) is 11.4. The Morgan fingerprint density at radius 3 is 2.41 bits per heavy atom. The van der Waals surface area contributed by atoms with E-state index in [0.717, 1.165) is 34.6 Å².